The molecule has 4 aliphatic carbocycles. The molecule has 4 heterocycles. The van der Waals surface area contributed by atoms with Crippen LogP contribution in [0.4, 0.5) is 0 Å². The molecule has 4 aliphatic heterocycles. The Hall–Kier alpha value is -3.32. The molecule has 12 nitrogen and oxygen atoms in total. The molecule has 3 amide bonds. The van der Waals surface area contributed by atoms with Gasteiger partial charge in [0, 0.05) is 43.6 Å². The second-order valence-corrected chi connectivity index (χ2v) is 19.3. The van der Waals surface area contributed by atoms with Crippen LogP contribution < -0.4 is 10.0 Å². The third-order valence-corrected chi connectivity index (χ3v) is 14.6. The summed E-state index contributed by atoms with van der Waals surface area (Å²) in [6, 6.07) is -1.01. The normalized spacial score (nSPS) is 37.3. The van der Waals surface area contributed by atoms with Crippen LogP contribution in [0.25, 0.3) is 0 Å². The topological polar surface area (TPSA) is 161 Å². The van der Waals surface area contributed by atoms with E-state index in [1.165, 1.54) is 0 Å². The van der Waals surface area contributed by atoms with E-state index in [0.717, 1.165) is 55.6 Å². The summed E-state index contributed by atoms with van der Waals surface area (Å²) < 4.78 is 41.2. The van der Waals surface area contributed by atoms with Gasteiger partial charge in [0.05, 0.1) is 29.7 Å². The number of nitrogens with one attached hydrogen (secondary N) is 2. The average Bonchev–Trinajstić information content (AvgIpc) is 4.02. The summed E-state index contributed by atoms with van der Waals surface area (Å²) in [7, 11) is -3.83. The molecule has 0 aromatic carbocycles. The first-order chi connectivity index (χ1) is 25.4. The van der Waals surface area contributed by atoms with Crippen molar-refractivity contribution in [3.05, 3.63) is 35.6 Å². The highest BCUT2D eigenvalue weighted by atomic mass is 32.2. The molecule has 1 spiro atoms. The maximum Gasteiger partial charge on any atom is 0.259 e. The number of sulfonamides is 1. The second kappa shape index (κ2) is 14.1. The van der Waals surface area contributed by atoms with Crippen molar-refractivity contribution in [3.8, 4) is 0 Å². The van der Waals surface area contributed by atoms with Crippen LogP contribution in [0.3, 0.4) is 0 Å². The number of amides is 3. The lowest BCUT2D eigenvalue weighted by atomic mass is 9.71. The first-order valence-corrected chi connectivity index (χ1v) is 21.6. The molecule has 8 aliphatic rings. The van der Waals surface area contributed by atoms with E-state index in [1.807, 2.05) is 18.2 Å². The largest absolute Gasteiger partial charge is 0.483 e. The van der Waals surface area contributed by atoms with Gasteiger partial charge in [0.2, 0.25) is 21.8 Å². The molecule has 0 radical (unpaired) electrons. The van der Waals surface area contributed by atoms with Gasteiger partial charge in [-0.05, 0) is 81.8 Å². The number of ketones is 1. The van der Waals surface area contributed by atoms with E-state index in [1.54, 1.807) is 11.0 Å². The Bertz CT molecular complexity index is 1770. The molecule has 1 saturated heterocycles. The van der Waals surface area contributed by atoms with Gasteiger partial charge in [-0.1, -0.05) is 44.9 Å². The van der Waals surface area contributed by atoms with E-state index >= 15 is 0 Å². The highest BCUT2D eigenvalue weighted by Gasteiger charge is 2.63. The highest BCUT2D eigenvalue weighted by molar-refractivity contribution is 7.91. The van der Waals surface area contributed by atoms with Crippen LogP contribution in [0.1, 0.15) is 110 Å². The summed E-state index contributed by atoms with van der Waals surface area (Å²) >= 11 is 0. The molecule has 13 heteroatoms. The summed E-state index contributed by atoms with van der Waals surface area (Å²) in [6.45, 7) is 5.21. The minimum atomic E-state index is -3.83. The minimum absolute atomic E-state index is 0.0707. The lowest BCUT2D eigenvalue weighted by Gasteiger charge is -2.46. The van der Waals surface area contributed by atoms with Crippen LogP contribution in [-0.2, 0) is 38.7 Å². The summed E-state index contributed by atoms with van der Waals surface area (Å²) in [5, 5.41) is 2.41. The van der Waals surface area contributed by atoms with Crippen LogP contribution in [0, 0.1) is 23.7 Å². The van der Waals surface area contributed by atoms with E-state index < -0.39 is 44.3 Å². The van der Waals surface area contributed by atoms with Crippen molar-refractivity contribution >= 4 is 39.2 Å². The quantitative estimate of drug-likeness (QED) is 0.367. The van der Waals surface area contributed by atoms with Crippen molar-refractivity contribution in [2.45, 2.75) is 145 Å². The van der Waals surface area contributed by atoms with Gasteiger partial charge in [-0.2, -0.15) is 0 Å². The first kappa shape index (κ1) is 36.6. The van der Waals surface area contributed by atoms with E-state index in [2.05, 4.69) is 23.9 Å². The molecule has 6 unspecified atom stereocenters. The van der Waals surface area contributed by atoms with Crippen molar-refractivity contribution in [3.63, 3.8) is 0 Å². The molecule has 3 saturated carbocycles. The summed E-state index contributed by atoms with van der Waals surface area (Å²) in [4.78, 5) is 61.6. The number of carbonyl (C=O) groups excluding carboxylic acids is 4. The third kappa shape index (κ3) is 7.28. The maximum atomic E-state index is 14.4. The zero-order valence-electron chi connectivity index (χ0n) is 31.0. The lowest BCUT2D eigenvalue weighted by Crippen LogP contribution is -2.56. The minimum Gasteiger partial charge on any atom is -0.483 e. The predicted molar refractivity (Wildman–Crippen MR) is 197 cm³/mol. The second-order valence-electron chi connectivity index (χ2n) is 17.4. The van der Waals surface area contributed by atoms with Crippen LogP contribution >= 0.6 is 0 Å². The Kier molecular flexibility index (Phi) is 9.73. The molecule has 0 aromatic heterocycles. The maximum absolute atomic E-state index is 14.4. The Morgan fingerprint density at radius 1 is 1.09 bits per heavy atom. The van der Waals surface area contributed by atoms with Crippen LogP contribution in [-0.4, -0.2) is 90.3 Å². The molecular formula is C40H54N4O8S. The number of carbonyl (C=O) groups is 4. The molecule has 2 N–H and O–H groups in total. The highest BCUT2D eigenvalue weighted by Crippen LogP contribution is 2.51. The Morgan fingerprint density at radius 3 is 2.66 bits per heavy atom. The van der Waals surface area contributed by atoms with Gasteiger partial charge in [-0.15, -0.1) is 0 Å². The number of nitrogens with zero attached hydrogens (tertiary/aromatic N) is 2. The van der Waals surface area contributed by atoms with Crippen molar-refractivity contribution < 1.29 is 37.1 Å². The number of hydrogen-bond acceptors (Lipinski definition) is 9. The molecular weight excluding hydrogens is 697 g/mol. The predicted octanol–water partition coefficient (Wildman–Crippen LogP) is 4.20. The van der Waals surface area contributed by atoms with Crippen LogP contribution in [0.15, 0.2) is 40.6 Å². The molecule has 8 rings (SSSR count). The summed E-state index contributed by atoms with van der Waals surface area (Å²) in [5.74, 6) is -0.305. The number of aliphatic imine (C=N–C) groups is 1. The smallest absolute Gasteiger partial charge is 0.259 e. The van der Waals surface area contributed by atoms with Gasteiger partial charge >= 0.3 is 0 Å². The van der Waals surface area contributed by atoms with Gasteiger partial charge in [0.1, 0.15) is 22.9 Å². The Balaban J connectivity index is 1.07. The van der Waals surface area contributed by atoms with Gasteiger partial charge in [-0.3, -0.25) is 28.9 Å². The van der Waals surface area contributed by atoms with E-state index in [9.17, 15) is 27.6 Å². The molecule has 0 bridgehead atoms. The SMILES string of the molecule is CC(C)COC1CC(C2=NC3C=CC(=O)CC3C3=C2OC2(CC3)CC3C(=O)NC4(C(=O)NS(=O)(=O)C5CC5)CC4C=CCCCCCCC(=O)N3C2)C1. The van der Waals surface area contributed by atoms with E-state index in [0.29, 0.717) is 63.9 Å². The van der Waals surface area contributed by atoms with Crippen LogP contribution in [0.5, 0.6) is 0 Å². The van der Waals surface area contributed by atoms with Crippen molar-refractivity contribution in [2.24, 2.45) is 28.7 Å². The number of hydrogen-bond donors (Lipinski definition) is 2. The van der Waals surface area contributed by atoms with E-state index in [-0.39, 0.29) is 54.6 Å². The van der Waals surface area contributed by atoms with Crippen molar-refractivity contribution in [1.29, 1.82) is 0 Å². The molecule has 53 heavy (non-hydrogen) atoms. The standard InChI is InChI=1S/C40H54N4O8S/c1-24(2)22-51-28-17-25(18-28)35-36-30(31-19-27(45)11-14-32(31)41-35)15-16-39(52-36)21-33-37(47)42-40(38(48)43-53(49,50)29-12-13-29)20-26(40)9-7-5-3-4-6-8-10-34(46)44(33)23-39/h7,9,11,14,24-26,28-29,31-33H,3-6,8,10,12-13,15-23H2,1-2H3,(H,42,47)(H,43,48). The Morgan fingerprint density at radius 2 is 1.89 bits per heavy atom. The van der Waals surface area contributed by atoms with Crippen molar-refractivity contribution in [1.82, 2.24) is 14.9 Å². The van der Waals surface area contributed by atoms with Crippen molar-refractivity contribution in [2.75, 3.05) is 13.2 Å². The number of rotatable bonds is 7. The summed E-state index contributed by atoms with van der Waals surface area (Å²) in [5.41, 5.74) is -0.241. The molecule has 288 valence electrons. The molecule has 0 aromatic rings. The molecule has 6 atom stereocenters. The third-order valence-electron chi connectivity index (χ3n) is 12.8. The summed E-state index contributed by atoms with van der Waals surface area (Å²) in [6.07, 6.45) is 17.2. The fourth-order valence-corrected chi connectivity index (χ4v) is 10.7. The number of allylic oxidation sites excluding steroid dienone is 3. The van der Waals surface area contributed by atoms with Gasteiger partial charge in [0.15, 0.2) is 5.78 Å². The Labute approximate surface area is 312 Å². The van der Waals surface area contributed by atoms with Gasteiger partial charge in [0.25, 0.3) is 5.91 Å². The van der Waals surface area contributed by atoms with Gasteiger partial charge in [-0.25, -0.2) is 8.42 Å². The van der Waals surface area contributed by atoms with Crippen LogP contribution in [0.2, 0.25) is 0 Å². The lowest BCUT2D eigenvalue weighted by molar-refractivity contribution is -0.140. The fraction of sp³-hybridized carbons (Fsp3) is 0.725. The number of ether oxygens (including phenoxy) is 2. The first-order valence-electron chi connectivity index (χ1n) is 20.0. The van der Waals surface area contributed by atoms with Gasteiger partial charge < -0.3 is 19.7 Å². The number of dihydropyridines is 1. The molecule has 4 fully saturated rings. The zero-order valence-corrected chi connectivity index (χ0v) is 31.8. The van der Waals surface area contributed by atoms with E-state index in [4.69, 9.17) is 14.5 Å². The number of fused-ring (bicyclic) bond motifs is 4. The average molecular weight is 751 g/mol. The fourth-order valence-electron chi connectivity index (χ4n) is 9.31. The zero-order chi connectivity index (χ0) is 37.1. The monoisotopic (exact) mass is 750 g/mol.